The Balaban J connectivity index is 0.00000149. The minimum atomic E-state index is 0.160. The molecule has 2 aliphatic heterocycles. The number of aromatic nitrogens is 1. The summed E-state index contributed by atoms with van der Waals surface area (Å²) >= 11 is 0. The number of hydrogen-bond donors (Lipinski definition) is 1. The first kappa shape index (κ1) is 25.3. The lowest BCUT2D eigenvalue weighted by Crippen LogP contribution is -2.40. The molecule has 33 heavy (non-hydrogen) atoms. The molecular weight excluding hydrogens is 420 g/mol. The van der Waals surface area contributed by atoms with Crippen LogP contribution in [-0.2, 0) is 9.59 Å². The summed E-state index contributed by atoms with van der Waals surface area (Å²) in [7, 11) is 2.67. The van der Waals surface area contributed by atoms with Crippen molar-refractivity contribution in [1.29, 1.82) is 0 Å². The van der Waals surface area contributed by atoms with E-state index < -0.39 is 0 Å². The number of aliphatic hydroxyl groups is 1. The van der Waals surface area contributed by atoms with Gasteiger partial charge in [0.05, 0.1) is 19.0 Å². The zero-order valence-corrected chi connectivity index (χ0v) is 20.2. The van der Waals surface area contributed by atoms with Gasteiger partial charge in [-0.05, 0) is 44.4 Å². The summed E-state index contributed by atoms with van der Waals surface area (Å²) in [4.78, 5) is 34.6. The van der Waals surface area contributed by atoms with Gasteiger partial charge in [-0.1, -0.05) is 19.3 Å². The number of carbonyl (C=O) groups is 2. The van der Waals surface area contributed by atoms with Crippen LogP contribution in [0.4, 0.5) is 11.5 Å². The molecule has 0 radical (unpaired) electrons. The third kappa shape index (κ3) is 6.37. The van der Waals surface area contributed by atoms with Crippen molar-refractivity contribution in [2.24, 2.45) is 5.92 Å². The van der Waals surface area contributed by atoms with Crippen LogP contribution >= 0.6 is 0 Å². The fraction of sp³-hybridized carbons (Fsp3) is 0.720. The van der Waals surface area contributed by atoms with Crippen molar-refractivity contribution in [2.75, 3.05) is 50.2 Å². The molecule has 1 atom stereocenters. The highest BCUT2D eigenvalue weighted by molar-refractivity contribution is 5.95. The van der Waals surface area contributed by atoms with Crippen molar-refractivity contribution in [3.05, 3.63) is 12.3 Å². The van der Waals surface area contributed by atoms with Gasteiger partial charge in [-0.25, -0.2) is 4.98 Å². The molecule has 4 rings (SSSR count). The number of aliphatic hydroxyl groups excluding tert-OH is 1. The van der Waals surface area contributed by atoms with Gasteiger partial charge in [-0.2, -0.15) is 0 Å². The topological polar surface area (TPSA) is 86.2 Å². The van der Waals surface area contributed by atoms with E-state index in [1.54, 1.807) is 12.0 Å². The standard InChI is InChI=1S/C24H36N4O3.CH4O/c1-31-22-15-21(28-13-6-10-23(28)30)16-25-24(22)26-12-5-7-19(17-26)11-14-27(18-29)20-8-3-2-4-9-20;1-2/h15-16,18-20H,2-14,17H2,1H3;2H,1H3. The Kier molecular flexibility index (Phi) is 9.78. The van der Waals surface area contributed by atoms with Crippen molar-refractivity contribution in [3.8, 4) is 5.75 Å². The molecule has 3 fully saturated rings. The summed E-state index contributed by atoms with van der Waals surface area (Å²) in [5, 5.41) is 7.00. The van der Waals surface area contributed by atoms with Crippen LogP contribution in [0.15, 0.2) is 12.3 Å². The molecule has 2 amide bonds. The molecule has 1 unspecified atom stereocenters. The minimum absolute atomic E-state index is 0.160. The number of ether oxygens (including phenoxy) is 1. The summed E-state index contributed by atoms with van der Waals surface area (Å²) < 4.78 is 5.67. The molecule has 8 nitrogen and oxygen atoms in total. The van der Waals surface area contributed by atoms with E-state index in [0.29, 0.717) is 18.4 Å². The fourth-order valence-corrected chi connectivity index (χ4v) is 5.44. The molecular formula is C25H40N4O4. The lowest BCUT2D eigenvalue weighted by molar-refractivity contribution is -0.121. The largest absolute Gasteiger partial charge is 0.493 e. The summed E-state index contributed by atoms with van der Waals surface area (Å²) in [6.07, 6.45) is 13.8. The van der Waals surface area contributed by atoms with Crippen molar-refractivity contribution in [2.45, 2.75) is 70.3 Å². The summed E-state index contributed by atoms with van der Waals surface area (Å²) in [5.74, 6) is 2.30. The van der Waals surface area contributed by atoms with Gasteiger partial charge >= 0.3 is 0 Å². The van der Waals surface area contributed by atoms with Gasteiger partial charge in [-0.15, -0.1) is 0 Å². The Labute approximate surface area is 197 Å². The van der Waals surface area contributed by atoms with Crippen molar-refractivity contribution >= 4 is 23.8 Å². The number of nitrogens with zero attached hydrogens (tertiary/aromatic N) is 4. The number of carbonyl (C=O) groups excluding carboxylic acids is 2. The van der Waals surface area contributed by atoms with E-state index in [-0.39, 0.29) is 5.91 Å². The summed E-state index contributed by atoms with van der Waals surface area (Å²) in [6, 6.07) is 2.39. The van der Waals surface area contributed by atoms with E-state index >= 15 is 0 Å². The van der Waals surface area contributed by atoms with Crippen LogP contribution in [0, 0.1) is 5.92 Å². The molecule has 0 aromatic carbocycles. The normalized spacial score (nSPS) is 21.4. The molecule has 8 heteroatoms. The first-order valence-corrected chi connectivity index (χ1v) is 12.4. The monoisotopic (exact) mass is 460 g/mol. The van der Waals surface area contributed by atoms with Gasteiger partial charge in [0.1, 0.15) is 0 Å². The Morgan fingerprint density at radius 2 is 1.94 bits per heavy atom. The van der Waals surface area contributed by atoms with E-state index in [1.165, 1.54) is 25.7 Å². The first-order valence-electron chi connectivity index (χ1n) is 12.4. The molecule has 3 heterocycles. The van der Waals surface area contributed by atoms with E-state index in [9.17, 15) is 9.59 Å². The Bertz CT molecular complexity index is 769. The van der Waals surface area contributed by atoms with E-state index in [4.69, 9.17) is 14.8 Å². The van der Waals surface area contributed by atoms with Crippen LogP contribution in [0.3, 0.4) is 0 Å². The van der Waals surface area contributed by atoms with Gasteiger partial charge in [0.2, 0.25) is 12.3 Å². The number of amides is 2. The fourth-order valence-electron chi connectivity index (χ4n) is 5.44. The van der Waals surface area contributed by atoms with Crippen LogP contribution in [0.1, 0.15) is 64.2 Å². The minimum Gasteiger partial charge on any atom is -0.493 e. The molecule has 1 saturated carbocycles. The zero-order chi connectivity index (χ0) is 23.6. The average molecular weight is 461 g/mol. The number of piperidine rings is 1. The van der Waals surface area contributed by atoms with Crippen LogP contribution in [0.5, 0.6) is 5.75 Å². The second-order valence-corrected chi connectivity index (χ2v) is 9.25. The highest BCUT2D eigenvalue weighted by atomic mass is 16.5. The maximum Gasteiger partial charge on any atom is 0.227 e. The Hall–Kier alpha value is -2.35. The van der Waals surface area contributed by atoms with Crippen molar-refractivity contribution in [3.63, 3.8) is 0 Å². The van der Waals surface area contributed by atoms with E-state index in [0.717, 1.165) is 89.1 Å². The summed E-state index contributed by atoms with van der Waals surface area (Å²) in [6.45, 7) is 3.50. The molecule has 0 bridgehead atoms. The van der Waals surface area contributed by atoms with Crippen LogP contribution in [-0.4, -0.2) is 73.7 Å². The first-order chi connectivity index (χ1) is 16.2. The van der Waals surface area contributed by atoms with Crippen LogP contribution in [0.25, 0.3) is 0 Å². The van der Waals surface area contributed by atoms with Gasteiger partial charge in [0.25, 0.3) is 0 Å². The number of methoxy groups -OCH3 is 1. The smallest absolute Gasteiger partial charge is 0.227 e. The number of pyridine rings is 1. The molecule has 1 aromatic rings. The Morgan fingerprint density at radius 3 is 2.61 bits per heavy atom. The molecule has 3 aliphatic rings. The molecule has 184 valence electrons. The summed E-state index contributed by atoms with van der Waals surface area (Å²) in [5.41, 5.74) is 0.825. The predicted octanol–water partition coefficient (Wildman–Crippen LogP) is 3.22. The molecule has 0 spiro atoms. The number of rotatable bonds is 8. The van der Waals surface area contributed by atoms with E-state index in [2.05, 4.69) is 9.80 Å². The van der Waals surface area contributed by atoms with Gasteiger partial charge in [-0.3, -0.25) is 9.59 Å². The van der Waals surface area contributed by atoms with Crippen molar-refractivity contribution < 1.29 is 19.4 Å². The maximum atomic E-state index is 12.1. The van der Waals surface area contributed by atoms with Crippen LogP contribution in [0.2, 0.25) is 0 Å². The Morgan fingerprint density at radius 1 is 1.15 bits per heavy atom. The zero-order valence-electron chi connectivity index (χ0n) is 20.2. The quantitative estimate of drug-likeness (QED) is 0.600. The molecule has 1 aliphatic carbocycles. The highest BCUT2D eigenvalue weighted by Crippen LogP contribution is 2.34. The van der Waals surface area contributed by atoms with Gasteiger partial charge in [0, 0.05) is 51.8 Å². The molecule has 2 saturated heterocycles. The average Bonchev–Trinajstić information content (AvgIpc) is 3.32. The lowest BCUT2D eigenvalue weighted by Gasteiger charge is -2.36. The highest BCUT2D eigenvalue weighted by Gasteiger charge is 2.27. The lowest BCUT2D eigenvalue weighted by atomic mass is 9.92. The van der Waals surface area contributed by atoms with E-state index in [1.807, 2.05) is 12.3 Å². The second-order valence-electron chi connectivity index (χ2n) is 9.25. The number of anilines is 2. The van der Waals surface area contributed by atoms with Gasteiger partial charge < -0.3 is 24.5 Å². The van der Waals surface area contributed by atoms with Gasteiger partial charge in [0.15, 0.2) is 11.6 Å². The number of hydrogen-bond acceptors (Lipinski definition) is 6. The van der Waals surface area contributed by atoms with Crippen molar-refractivity contribution in [1.82, 2.24) is 9.88 Å². The molecule has 1 N–H and O–H groups in total. The SMILES string of the molecule is CO.COc1cc(N2CCCC2=O)cnc1N1CCCC(CCN(C=O)C2CCCCC2)C1. The second kappa shape index (κ2) is 12.8. The van der Waals surface area contributed by atoms with Crippen LogP contribution < -0.4 is 14.5 Å². The molecule has 1 aromatic heterocycles. The maximum absolute atomic E-state index is 12.1. The third-order valence-corrected chi connectivity index (χ3v) is 7.22. The third-order valence-electron chi connectivity index (χ3n) is 7.22. The predicted molar refractivity (Wildman–Crippen MR) is 130 cm³/mol.